The molecule has 0 saturated heterocycles. The molecule has 110 valence electrons. The maximum Gasteiger partial charge on any atom is 0.115 e. The van der Waals surface area contributed by atoms with Crippen molar-refractivity contribution in [2.45, 2.75) is 31.9 Å². The van der Waals surface area contributed by atoms with E-state index in [9.17, 15) is 0 Å². The summed E-state index contributed by atoms with van der Waals surface area (Å²) in [6, 6.07) is 8.64. The molecule has 2 atom stereocenters. The molecule has 2 unspecified atom stereocenters. The third-order valence-corrected chi connectivity index (χ3v) is 3.89. The van der Waals surface area contributed by atoms with E-state index in [0.717, 1.165) is 31.6 Å². The topological polar surface area (TPSA) is 47.0 Å². The van der Waals surface area contributed by atoms with Gasteiger partial charge in [-0.05, 0) is 30.5 Å². The van der Waals surface area contributed by atoms with Gasteiger partial charge >= 0.3 is 0 Å². The second-order valence-electron chi connectivity index (χ2n) is 5.34. The Morgan fingerprint density at radius 2 is 2.10 bits per heavy atom. The highest BCUT2D eigenvalue weighted by molar-refractivity contribution is 5.33. The summed E-state index contributed by atoms with van der Waals surface area (Å²) in [5, 5.41) is 3.59. The minimum atomic E-state index is 0.0208. The van der Waals surface area contributed by atoms with E-state index in [4.69, 9.17) is 4.74 Å². The van der Waals surface area contributed by atoms with Crippen LogP contribution < -0.4 is 5.32 Å². The molecule has 0 aliphatic carbocycles. The van der Waals surface area contributed by atoms with Crippen LogP contribution in [0.4, 0.5) is 0 Å². The first-order valence-electron chi connectivity index (χ1n) is 7.58. The molecular formula is C17H21N3O. The molecule has 4 nitrogen and oxygen atoms in total. The Morgan fingerprint density at radius 3 is 2.90 bits per heavy atom. The zero-order valence-corrected chi connectivity index (χ0v) is 12.3. The third-order valence-electron chi connectivity index (χ3n) is 3.89. The third kappa shape index (κ3) is 3.12. The van der Waals surface area contributed by atoms with E-state index in [2.05, 4.69) is 46.5 Å². The summed E-state index contributed by atoms with van der Waals surface area (Å²) in [5.41, 5.74) is 3.74. The molecule has 2 aromatic rings. The first kappa shape index (κ1) is 14.2. The molecule has 3 rings (SSSR count). The average molecular weight is 283 g/mol. The molecule has 1 aromatic heterocycles. The minimum absolute atomic E-state index is 0.0208. The van der Waals surface area contributed by atoms with Crippen molar-refractivity contribution in [3.8, 4) is 0 Å². The molecule has 0 amide bonds. The van der Waals surface area contributed by atoms with E-state index < -0.39 is 0 Å². The van der Waals surface area contributed by atoms with Crippen molar-refractivity contribution in [3.05, 3.63) is 59.7 Å². The van der Waals surface area contributed by atoms with Gasteiger partial charge in [0.15, 0.2) is 0 Å². The molecule has 1 N–H and O–H groups in total. The van der Waals surface area contributed by atoms with Crippen LogP contribution in [-0.2, 0) is 11.2 Å². The van der Waals surface area contributed by atoms with Crippen LogP contribution in [0.15, 0.2) is 43.0 Å². The van der Waals surface area contributed by atoms with Gasteiger partial charge in [-0.2, -0.15) is 0 Å². The fraction of sp³-hybridized carbons (Fsp3) is 0.412. The Kier molecular flexibility index (Phi) is 4.58. The van der Waals surface area contributed by atoms with Crippen molar-refractivity contribution in [1.29, 1.82) is 0 Å². The van der Waals surface area contributed by atoms with Crippen molar-refractivity contribution in [1.82, 2.24) is 15.3 Å². The lowest BCUT2D eigenvalue weighted by atomic mass is 9.90. The Bertz CT molecular complexity index is 573. The number of nitrogens with one attached hydrogen (secondary N) is 1. The van der Waals surface area contributed by atoms with Gasteiger partial charge in [-0.15, -0.1) is 0 Å². The summed E-state index contributed by atoms with van der Waals surface area (Å²) in [5.74, 6) is 0. The predicted octanol–water partition coefficient (Wildman–Crippen LogP) is 2.83. The Labute approximate surface area is 125 Å². The van der Waals surface area contributed by atoms with Crippen molar-refractivity contribution in [3.63, 3.8) is 0 Å². The summed E-state index contributed by atoms with van der Waals surface area (Å²) in [7, 11) is 0. The molecule has 0 fully saturated rings. The summed E-state index contributed by atoms with van der Waals surface area (Å²) >= 11 is 0. The standard InChI is InChI=1S/C17H21N3O/c1-2-8-20-16(14-10-18-12-19-11-14)17-15-6-4-3-5-13(15)7-9-21-17/h3-6,10-12,16-17,20H,2,7-9H2,1H3. The number of hydrogen-bond acceptors (Lipinski definition) is 4. The molecule has 21 heavy (non-hydrogen) atoms. The first-order valence-corrected chi connectivity index (χ1v) is 7.58. The van der Waals surface area contributed by atoms with Crippen molar-refractivity contribution in [2.75, 3.05) is 13.2 Å². The maximum atomic E-state index is 6.10. The predicted molar refractivity (Wildman–Crippen MR) is 81.9 cm³/mol. The normalized spacial score (nSPS) is 19.0. The van der Waals surface area contributed by atoms with Crippen LogP contribution in [0.5, 0.6) is 0 Å². The number of rotatable bonds is 5. The maximum absolute atomic E-state index is 6.10. The number of nitrogens with zero attached hydrogens (tertiary/aromatic N) is 2. The summed E-state index contributed by atoms with van der Waals surface area (Å²) in [6.45, 7) is 3.88. The molecule has 0 saturated carbocycles. The Hall–Kier alpha value is -1.78. The van der Waals surface area contributed by atoms with E-state index in [1.165, 1.54) is 11.1 Å². The van der Waals surface area contributed by atoms with E-state index in [1.54, 1.807) is 6.33 Å². The number of benzene rings is 1. The van der Waals surface area contributed by atoms with Gasteiger partial charge in [-0.25, -0.2) is 9.97 Å². The first-order chi connectivity index (χ1) is 10.4. The molecule has 1 aliphatic rings. The SMILES string of the molecule is CCCNC(c1cncnc1)C1OCCc2ccccc21. The monoisotopic (exact) mass is 283 g/mol. The van der Waals surface area contributed by atoms with Crippen LogP contribution in [-0.4, -0.2) is 23.1 Å². The molecule has 2 heterocycles. The quantitative estimate of drug-likeness (QED) is 0.916. The molecule has 4 heteroatoms. The largest absolute Gasteiger partial charge is 0.371 e. The van der Waals surface area contributed by atoms with Gasteiger partial charge in [0.1, 0.15) is 12.4 Å². The lowest BCUT2D eigenvalue weighted by Crippen LogP contribution is -2.32. The van der Waals surface area contributed by atoms with Crippen LogP contribution in [0.1, 0.15) is 42.2 Å². The minimum Gasteiger partial charge on any atom is -0.371 e. The van der Waals surface area contributed by atoms with Gasteiger partial charge in [0.2, 0.25) is 0 Å². The van der Waals surface area contributed by atoms with Gasteiger partial charge in [0.25, 0.3) is 0 Å². The van der Waals surface area contributed by atoms with Crippen molar-refractivity contribution in [2.24, 2.45) is 0 Å². The fourth-order valence-electron chi connectivity index (χ4n) is 2.87. The Balaban J connectivity index is 1.94. The van der Waals surface area contributed by atoms with Gasteiger partial charge in [-0.3, -0.25) is 0 Å². The highest BCUT2D eigenvalue weighted by atomic mass is 16.5. The second-order valence-corrected chi connectivity index (χ2v) is 5.34. The summed E-state index contributed by atoms with van der Waals surface area (Å²) < 4.78 is 6.10. The molecule has 1 aliphatic heterocycles. The molecule has 0 radical (unpaired) electrons. The highest BCUT2D eigenvalue weighted by Crippen LogP contribution is 2.36. The summed E-state index contributed by atoms with van der Waals surface area (Å²) in [6.07, 6.45) is 7.40. The highest BCUT2D eigenvalue weighted by Gasteiger charge is 2.29. The van der Waals surface area contributed by atoms with E-state index in [0.29, 0.717) is 0 Å². The number of hydrogen-bond donors (Lipinski definition) is 1. The van der Waals surface area contributed by atoms with Gasteiger partial charge in [0, 0.05) is 18.0 Å². The molecular weight excluding hydrogens is 262 g/mol. The van der Waals surface area contributed by atoms with Crippen molar-refractivity contribution >= 4 is 0 Å². The zero-order valence-electron chi connectivity index (χ0n) is 12.3. The second kappa shape index (κ2) is 6.78. The molecule has 0 bridgehead atoms. The smallest absolute Gasteiger partial charge is 0.115 e. The van der Waals surface area contributed by atoms with E-state index in [-0.39, 0.29) is 12.1 Å². The van der Waals surface area contributed by atoms with Crippen LogP contribution >= 0.6 is 0 Å². The fourth-order valence-corrected chi connectivity index (χ4v) is 2.87. The van der Waals surface area contributed by atoms with Crippen molar-refractivity contribution < 1.29 is 4.74 Å². The van der Waals surface area contributed by atoms with E-state index in [1.807, 2.05) is 12.4 Å². The molecule has 1 aromatic carbocycles. The van der Waals surface area contributed by atoms with Gasteiger partial charge in [0.05, 0.1) is 12.6 Å². The van der Waals surface area contributed by atoms with Crippen LogP contribution in [0.3, 0.4) is 0 Å². The average Bonchev–Trinajstić information content (AvgIpc) is 2.56. The zero-order chi connectivity index (χ0) is 14.5. The lowest BCUT2D eigenvalue weighted by Gasteiger charge is -2.33. The van der Waals surface area contributed by atoms with Crippen LogP contribution in [0.2, 0.25) is 0 Å². The van der Waals surface area contributed by atoms with Gasteiger partial charge < -0.3 is 10.1 Å². The van der Waals surface area contributed by atoms with Crippen LogP contribution in [0.25, 0.3) is 0 Å². The van der Waals surface area contributed by atoms with E-state index >= 15 is 0 Å². The number of ether oxygens (including phenoxy) is 1. The number of aromatic nitrogens is 2. The summed E-state index contributed by atoms with van der Waals surface area (Å²) in [4.78, 5) is 8.32. The van der Waals surface area contributed by atoms with Gasteiger partial charge in [-0.1, -0.05) is 31.2 Å². The molecule has 0 spiro atoms. The number of fused-ring (bicyclic) bond motifs is 1. The lowest BCUT2D eigenvalue weighted by molar-refractivity contribution is 0.0146. The van der Waals surface area contributed by atoms with Crippen LogP contribution in [0, 0.1) is 0 Å². The Morgan fingerprint density at radius 1 is 1.29 bits per heavy atom.